The summed E-state index contributed by atoms with van der Waals surface area (Å²) in [6, 6.07) is 0. The first kappa shape index (κ1) is 13.5. The molecule has 0 bridgehead atoms. The van der Waals surface area contributed by atoms with Crippen LogP contribution in [0.5, 0.6) is 0 Å². The van der Waals surface area contributed by atoms with Crippen LogP contribution in [0.1, 0.15) is 13.8 Å². The number of thioether (sulfide) groups is 2. The second-order valence-corrected chi connectivity index (χ2v) is 10.6. The molecule has 2 heterocycles. The fourth-order valence-corrected chi connectivity index (χ4v) is 10.4. The van der Waals surface area contributed by atoms with E-state index < -0.39 is 9.84 Å². The number of alkyl halides is 1. The van der Waals surface area contributed by atoms with Gasteiger partial charge in [0, 0.05) is 10.5 Å². The van der Waals surface area contributed by atoms with Gasteiger partial charge in [0.05, 0.1) is 5.75 Å². The van der Waals surface area contributed by atoms with Gasteiger partial charge < -0.3 is 0 Å². The second kappa shape index (κ2) is 4.99. The molecule has 2 rings (SSSR count). The Kier molecular flexibility index (Phi) is 4.22. The average molecular weight is 346 g/mol. The third-order valence-corrected chi connectivity index (χ3v) is 11.5. The zero-order valence-corrected chi connectivity index (χ0v) is 13.3. The molecule has 0 aliphatic carbocycles. The van der Waals surface area contributed by atoms with E-state index in [-0.39, 0.29) is 14.7 Å². The van der Waals surface area contributed by atoms with Gasteiger partial charge in [0.2, 0.25) is 0 Å². The third-order valence-electron chi connectivity index (χ3n) is 3.04. The van der Waals surface area contributed by atoms with Gasteiger partial charge in [0.25, 0.3) is 0 Å². The zero-order valence-electron chi connectivity index (χ0n) is 9.30. The lowest BCUT2D eigenvalue weighted by Crippen LogP contribution is -2.30. The van der Waals surface area contributed by atoms with Crippen LogP contribution in [0.2, 0.25) is 0 Å². The number of fused-ring (bicyclic) bond motifs is 1. The van der Waals surface area contributed by atoms with Crippen LogP contribution in [-0.2, 0) is 9.84 Å². The lowest BCUT2D eigenvalue weighted by molar-refractivity contribution is 0.340. The first-order chi connectivity index (χ1) is 7.49. The molecule has 0 aromatic rings. The molecule has 2 aliphatic heterocycles. The molecule has 7 heteroatoms. The smallest absolute Gasteiger partial charge is 0.165 e. The van der Waals surface area contributed by atoms with E-state index in [9.17, 15) is 8.42 Å². The van der Waals surface area contributed by atoms with Crippen molar-refractivity contribution in [2.24, 2.45) is 0 Å². The molecule has 0 aromatic heterocycles. The van der Waals surface area contributed by atoms with E-state index in [4.69, 9.17) is 0 Å². The van der Waals surface area contributed by atoms with E-state index in [1.54, 1.807) is 0 Å². The van der Waals surface area contributed by atoms with Crippen molar-refractivity contribution in [3.63, 3.8) is 0 Å². The van der Waals surface area contributed by atoms with Crippen LogP contribution in [0.4, 0.5) is 0 Å². The fourth-order valence-electron chi connectivity index (χ4n) is 2.06. The topological polar surface area (TPSA) is 37.4 Å². The highest BCUT2D eigenvalue weighted by atomic mass is 79.9. The Morgan fingerprint density at radius 2 is 1.94 bits per heavy atom. The maximum absolute atomic E-state index is 11.7. The molecule has 0 aromatic carbocycles. The van der Waals surface area contributed by atoms with Crippen LogP contribution in [0.3, 0.4) is 0 Å². The van der Waals surface area contributed by atoms with E-state index in [1.807, 2.05) is 23.5 Å². The lowest BCUT2D eigenvalue weighted by Gasteiger charge is -2.25. The highest BCUT2D eigenvalue weighted by Gasteiger charge is 2.52. The summed E-state index contributed by atoms with van der Waals surface area (Å²) in [5.41, 5.74) is 0. The standard InChI is InChI=1S/C9H16BrNO2S3/c1-3-11(4-2)9-14-6-5-16(12,13)8(10)7(6)15-9/h6-9H,3-5H2,1-2H3/t6-,7+,8-,9+/m0/s1. The van der Waals surface area contributed by atoms with Gasteiger partial charge in [0.1, 0.15) is 8.87 Å². The second-order valence-electron chi connectivity index (χ2n) is 3.98. The highest BCUT2D eigenvalue weighted by Crippen LogP contribution is 2.52. The Bertz CT molecular complexity index is 358. The maximum atomic E-state index is 11.7. The van der Waals surface area contributed by atoms with Gasteiger partial charge >= 0.3 is 0 Å². The zero-order chi connectivity index (χ0) is 11.9. The largest absolute Gasteiger partial charge is 0.284 e. The van der Waals surface area contributed by atoms with E-state index >= 15 is 0 Å². The highest BCUT2D eigenvalue weighted by molar-refractivity contribution is 9.11. The van der Waals surface area contributed by atoms with E-state index in [0.717, 1.165) is 13.1 Å². The van der Waals surface area contributed by atoms with Crippen molar-refractivity contribution in [3.05, 3.63) is 0 Å². The minimum atomic E-state index is -2.89. The minimum Gasteiger partial charge on any atom is -0.284 e. The van der Waals surface area contributed by atoms with Crippen LogP contribution >= 0.6 is 39.5 Å². The summed E-state index contributed by atoms with van der Waals surface area (Å²) in [5, 5.41) is 0.491. The van der Waals surface area contributed by atoms with Crippen molar-refractivity contribution >= 4 is 49.3 Å². The summed E-state index contributed by atoms with van der Waals surface area (Å²) in [6.45, 7) is 6.36. The molecule has 2 fully saturated rings. The van der Waals surface area contributed by atoms with E-state index in [2.05, 4.69) is 34.7 Å². The molecule has 0 saturated carbocycles. The Balaban J connectivity index is 2.07. The molecule has 3 nitrogen and oxygen atoms in total. The predicted molar refractivity (Wildman–Crippen MR) is 76.0 cm³/mol. The van der Waals surface area contributed by atoms with Crippen molar-refractivity contribution in [2.75, 3.05) is 18.8 Å². The molecular formula is C9H16BrNO2S3. The van der Waals surface area contributed by atoms with Crippen molar-refractivity contribution in [3.8, 4) is 0 Å². The number of nitrogens with zero attached hydrogens (tertiary/aromatic N) is 1. The van der Waals surface area contributed by atoms with Gasteiger partial charge in [-0.05, 0) is 13.1 Å². The SMILES string of the molecule is CCN(CC)[C@H]1S[C@@H]2[C@H](CS(=O)(=O)[C@@H]2Br)S1. The van der Waals surface area contributed by atoms with E-state index in [0.29, 0.717) is 10.5 Å². The summed E-state index contributed by atoms with van der Waals surface area (Å²) >= 11 is 6.98. The molecule has 2 aliphatic rings. The predicted octanol–water partition coefficient (Wildman–Crippen LogP) is 1.98. The molecule has 0 radical (unpaired) electrons. The quantitative estimate of drug-likeness (QED) is 0.731. The number of hydrogen-bond acceptors (Lipinski definition) is 5. The first-order valence-electron chi connectivity index (χ1n) is 5.40. The van der Waals surface area contributed by atoms with Crippen LogP contribution in [0.15, 0.2) is 0 Å². The molecule has 16 heavy (non-hydrogen) atoms. The Morgan fingerprint density at radius 1 is 1.31 bits per heavy atom. The van der Waals surface area contributed by atoms with Crippen LogP contribution < -0.4 is 0 Å². The van der Waals surface area contributed by atoms with Gasteiger partial charge in [-0.1, -0.05) is 29.8 Å². The summed E-state index contributed by atoms with van der Waals surface area (Å²) in [4.78, 5) is 2.39. The van der Waals surface area contributed by atoms with Gasteiger partial charge in [-0.2, -0.15) is 0 Å². The number of rotatable bonds is 3. The number of halogens is 1. The maximum Gasteiger partial charge on any atom is 0.165 e. The average Bonchev–Trinajstić information content (AvgIpc) is 2.69. The van der Waals surface area contributed by atoms with Crippen LogP contribution in [0, 0.1) is 0 Å². The van der Waals surface area contributed by atoms with Gasteiger partial charge in [-0.25, -0.2) is 8.42 Å². The third kappa shape index (κ3) is 2.30. The normalized spacial score (nSPS) is 41.5. The fraction of sp³-hybridized carbons (Fsp3) is 1.00. The molecule has 94 valence electrons. The molecule has 0 N–H and O–H groups in total. The van der Waals surface area contributed by atoms with Gasteiger partial charge in [-0.3, -0.25) is 4.90 Å². The number of sulfone groups is 1. The first-order valence-corrected chi connectivity index (χ1v) is 9.92. The summed E-state index contributed by atoms with van der Waals surface area (Å²) in [7, 11) is -2.89. The monoisotopic (exact) mass is 345 g/mol. The van der Waals surface area contributed by atoms with Crippen LogP contribution in [-0.4, -0.2) is 51.5 Å². The molecule has 0 unspecified atom stereocenters. The van der Waals surface area contributed by atoms with Crippen molar-refractivity contribution < 1.29 is 8.42 Å². The minimum absolute atomic E-state index is 0.223. The molecule has 4 atom stereocenters. The molecule has 0 amide bonds. The van der Waals surface area contributed by atoms with Crippen molar-refractivity contribution in [1.82, 2.24) is 4.90 Å². The Hall–Kier alpha value is 1.09. The summed E-state index contributed by atoms with van der Waals surface area (Å²) < 4.78 is 23.5. The summed E-state index contributed by atoms with van der Waals surface area (Å²) in [6.07, 6.45) is 0. The Labute approximate surface area is 114 Å². The molecule has 2 saturated heterocycles. The van der Waals surface area contributed by atoms with Crippen molar-refractivity contribution in [2.45, 2.75) is 33.2 Å². The van der Waals surface area contributed by atoms with Crippen LogP contribution in [0.25, 0.3) is 0 Å². The number of hydrogen-bond donors (Lipinski definition) is 0. The Morgan fingerprint density at radius 3 is 2.44 bits per heavy atom. The van der Waals surface area contributed by atoms with Crippen molar-refractivity contribution in [1.29, 1.82) is 0 Å². The van der Waals surface area contributed by atoms with Gasteiger partial charge in [0.15, 0.2) is 9.84 Å². The lowest BCUT2D eigenvalue weighted by atomic mass is 10.4. The van der Waals surface area contributed by atoms with Gasteiger partial charge in [-0.15, -0.1) is 23.5 Å². The van der Waals surface area contributed by atoms with E-state index in [1.165, 1.54) is 0 Å². The summed E-state index contributed by atoms with van der Waals surface area (Å²) in [5.74, 6) is 0.336. The molecule has 0 spiro atoms. The molecular weight excluding hydrogens is 330 g/mol.